The molecule has 2 aromatic carbocycles. The molecule has 3 aromatic rings. The van der Waals surface area contributed by atoms with Gasteiger partial charge in [-0.25, -0.2) is 9.49 Å². The Morgan fingerprint density at radius 2 is 1.81 bits per heavy atom. The lowest BCUT2D eigenvalue weighted by Crippen LogP contribution is -2.37. The van der Waals surface area contributed by atoms with Crippen molar-refractivity contribution in [2.24, 2.45) is 0 Å². The molecule has 0 radical (unpaired) electrons. The van der Waals surface area contributed by atoms with Gasteiger partial charge in [0, 0.05) is 24.0 Å². The fraction of sp³-hybridized carbons (Fsp3) is 0.136. The van der Waals surface area contributed by atoms with E-state index in [4.69, 9.17) is 0 Å². The molecule has 10 heteroatoms. The summed E-state index contributed by atoms with van der Waals surface area (Å²) < 4.78 is 13.8. The molecule has 32 heavy (non-hydrogen) atoms. The van der Waals surface area contributed by atoms with Crippen LogP contribution in [0.1, 0.15) is 11.3 Å². The monoisotopic (exact) mass is 452 g/mol. The van der Waals surface area contributed by atoms with Crippen LogP contribution in [0.2, 0.25) is 0 Å². The minimum atomic E-state index is -0.536. The van der Waals surface area contributed by atoms with Gasteiger partial charge in [0.2, 0.25) is 5.91 Å². The number of amides is 3. The molecule has 0 saturated carbocycles. The van der Waals surface area contributed by atoms with Crippen LogP contribution in [0.25, 0.3) is 16.8 Å². The van der Waals surface area contributed by atoms with Gasteiger partial charge in [-0.1, -0.05) is 36.4 Å². The first-order valence-corrected chi connectivity index (χ1v) is 10.5. The standard InChI is InChI=1S/C22H17FN4O4S/c23-16-8-4-1-5-13(16)11-18-21(30)27(22(31)32-18)10-9-24-19(28)12-17-14-6-2-3-7-15(14)20(29)26-25-17/h1-8,11H,9-10,12H2,(H,24,28)(H,26,29)/b18-11-. The van der Waals surface area contributed by atoms with Crippen molar-refractivity contribution in [2.75, 3.05) is 13.1 Å². The minimum Gasteiger partial charge on any atom is -0.354 e. The van der Waals surface area contributed by atoms with Crippen molar-refractivity contribution in [1.29, 1.82) is 0 Å². The van der Waals surface area contributed by atoms with Gasteiger partial charge in [-0.15, -0.1) is 0 Å². The number of halogens is 1. The number of H-pyrrole nitrogens is 1. The second kappa shape index (κ2) is 9.15. The van der Waals surface area contributed by atoms with Crippen molar-refractivity contribution in [3.8, 4) is 0 Å². The molecule has 1 saturated heterocycles. The number of fused-ring (bicyclic) bond motifs is 1. The van der Waals surface area contributed by atoms with Crippen molar-refractivity contribution in [3.63, 3.8) is 0 Å². The number of carbonyl (C=O) groups is 3. The number of aromatic nitrogens is 2. The van der Waals surface area contributed by atoms with Crippen molar-refractivity contribution in [3.05, 3.63) is 80.9 Å². The predicted molar refractivity (Wildman–Crippen MR) is 118 cm³/mol. The third-order valence-electron chi connectivity index (χ3n) is 4.83. The summed E-state index contributed by atoms with van der Waals surface area (Å²) in [6.45, 7) is 0.0238. The highest BCUT2D eigenvalue weighted by Gasteiger charge is 2.34. The Morgan fingerprint density at radius 1 is 1.09 bits per heavy atom. The lowest BCUT2D eigenvalue weighted by Gasteiger charge is -2.13. The van der Waals surface area contributed by atoms with Gasteiger partial charge in [-0.3, -0.25) is 24.1 Å². The van der Waals surface area contributed by atoms with Crippen molar-refractivity contribution in [1.82, 2.24) is 20.4 Å². The van der Waals surface area contributed by atoms with Gasteiger partial charge in [0.25, 0.3) is 16.7 Å². The predicted octanol–water partition coefficient (Wildman–Crippen LogP) is 2.46. The quantitative estimate of drug-likeness (QED) is 0.556. The van der Waals surface area contributed by atoms with Crippen LogP contribution in [0.3, 0.4) is 0 Å². The van der Waals surface area contributed by atoms with E-state index in [1.807, 2.05) is 0 Å². The van der Waals surface area contributed by atoms with Gasteiger partial charge in [-0.05, 0) is 30.0 Å². The number of nitrogens with zero attached hydrogens (tertiary/aromatic N) is 2. The summed E-state index contributed by atoms with van der Waals surface area (Å²) in [5.41, 5.74) is 0.288. The number of hydrogen-bond acceptors (Lipinski definition) is 6. The van der Waals surface area contributed by atoms with Crippen molar-refractivity contribution >= 4 is 45.7 Å². The normalized spacial score (nSPS) is 15.0. The Hall–Kier alpha value is -3.79. The first kappa shape index (κ1) is 21.4. The van der Waals surface area contributed by atoms with Gasteiger partial charge in [0.15, 0.2) is 0 Å². The SMILES string of the molecule is O=C(Cc1n[nH]c(=O)c2ccccc12)NCCN1C(=O)S/C(=C\c2ccccc2F)C1=O. The van der Waals surface area contributed by atoms with Gasteiger partial charge in [-0.2, -0.15) is 5.10 Å². The number of aromatic amines is 1. The molecule has 8 nitrogen and oxygen atoms in total. The zero-order valence-corrected chi connectivity index (χ0v) is 17.4. The number of hydrogen-bond donors (Lipinski definition) is 2. The highest BCUT2D eigenvalue weighted by atomic mass is 32.2. The molecule has 2 N–H and O–H groups in total. The number of nitrogens with one attached hydrogen (secondary N) is 2. The Labute approximate surface area is 185 Å². The third kappa shape index (κ3) is 4.45. The van der Waals surface area contributed by atoms with Crippen LogP contribution in [0.4, 0.5) is 9.18 Å². The van der Waals surface area contributed by atoms with Crippen LogP contribution >= 0.6 is 11.8 Å². The summed E-state index contributed by atoms with van der Waals surface area (Å²) in [6, 6.07) is 12.8. The van der Waals surface area contributed by atoms with Gasteiger partial charge < -0.3 is 5.32 Å². The van der Waals surface area contributed by atoms with E-state index in [1.165, 1.54) is 24.3 Å². The number of rotatable bonds is 6. The van der Waals surface area contributed by atoms with E-state index < -0.39 is 17.0 Å². The molecule has 4 rings (SSSR count). The number of thioether (sulfide) groups is 1. The Bertz CT molecular complexity index is 1320. The highest BCUT2D eigenvalue weighted by molar-refractivity contribution is 8.18. The largest absolute Gasteiger partial charge is 0.354 e. The molecular weight excluding hydrogens is 435 g/mol. The van der Waals surface area contributed by atoms with Crippen molar-refractivity contribution in [2.45, 2.75) is 6.42 Å². The van der Waals surface area contributed by atoms with E-state index in [0.29, 0.717) is 16.5 Å². The second-order valence-corrected chi connectivity index (χ2v) is 7.92. The van der Waals surface area contributed by atoms with E-state index in [0.717, 1.165) is 16.7 Å². The molecule has 162 valence electrons. The second-order valence-electron chi connectivity index (χ2n) is 6.93. The molecular formula is C22H17FN4O4S. The maximum atomic E-state index is 13.8. The summed E-state index contributed by atoms with van der Waals surface area (Å²) in [5, 5.41) is 9.50. The molecule has 1 aromatic heterocycles. The molecule has 0 spiro atoms. The number of benzene rings is 2. The third-order valence-corrected chi connectivity index (χ3v) is 5.73. The van der Waals surface area contributed by atoms with Gasteiger partial charge in [0.1, 0.15) is 5.82 Å². The molecule has 2 heterocycles. The summed E-state index contributed by atoms with van der Waals surface area (Å²) in [7, 11) is 0. The molecule has 1 aliphatic heterocycles. The summed E-state index contributed by atoms with van der Waals surface area (Å²) >= 11 is 0.725. The lowest BCUT2D eigenvalue weighted by atomic mass is 10.1. The molecule has 0 atom stereocenters. The van der Waals surface area contributed by atoms with Gasteiger partial charge in [0.05, 0.1) is 22.4 Å². The van der Waals surface area contributed by atoms with Crippen LogP contribution in [-0.2, 0) is 16.0 Å². The van der Waals surface area contributed by atoms with Crippen LogP contribution < -0.4 is 10.9 Å². The maximum Gasteiger partial charge on any atom is 0.293 e. The number of imide groups is 1. The van der Waals surface area contributed by atoms with E-state index in [-0.39, 0.29) is 41.4 Å². The fourth-order valence-corrected chi connectivity index (χ4v) is 4.11. The van der Waals surface area contributed by atoms with Gasteiger partial charge >= 0.3 is 0 Å². The topological polar surface area (TPSA) is 112 Å². The molecule has 1 aliphatic rings. The first-order chi connectivity index (χ1) is 15.4. The average molecular weight is 452 g/mol. The van der Waals surface area contributed by atoms with E-state index in [2.05, 4.69) is 15.5 Å². The van der Waals surface area contributed by atoms with Crippen LogP contribution in [0.5, 0.6) is 0 Å². The zero-order valence-electron chi connectivity index (χ0n) is 16.6. The smallest absolute Gasteiger partial charge is 0.293 e. The van der Waals surface area contributed by atoms with Crippen molar-refractivity contribution < 1.29 is 18.8 Å². The average Bonchev–Trinajstić information content (AvgIpc) is 3.05. The Balaban J connectivity index is 1.36. The lowest BCUT2D eigenvalue weighted by molar-refractivity contribution is -0.124. The molecule has 0 bridgehead atoms. The molecule has 3 amide bonds. The first-order valence-electron chi connectivity index (χ1n) is 9.67. The van der Waals surface area contributed by atoms with Crippen LogP contribution in [0.15, 0.2) is 58.2 Å². The summed E-state index contributed by atoms with van der Waals surface area (Å²) in [6.07, 6.45) is 1.26. The van der Waals surface area contributed by atoms with E-state index in [9.17, 15) is 23.6 Å². The highest BCUT2D eigenvalue weighted by Crippen LogP contribution is 2.32. The Kier molecular flexibility index (Phi) is 6.13. The summed E-state index contributed by atoms with van der Waals surface area (Å²) in [4.78, 5) is 50.0. The van der Waals surface area contributed by atoms with Crippen LogP contribution in [-0.4, -0.2) is 45.2 Å². The van der Waals surface area contributed by atoms with Crippen LogP contribution in [0, 0.1) is 5.82 Å². The molecule has 0 aliphatic carbocycles. The Morgan fingerprint density at radius 3 is 2.59 bits per heavy atom. The fourth-order valence-electron chi connectivity index (χ4n) is 3.25. The minimum absolute atomic E-state index is 0.0230. The molecule has 0 unspecified atom stereocenters. The van der Waals surface area contributed by atoms with E-state index in [1.54, 1.807) is 30.3 Å². The number of carbonyl (C=O) groups excluding carboxylic acids is 3. The summed E-state index contributed by atoms with van der Waals surface area (Å²) in [5.74, 6) is -1.40. The maximum absolute atomic E-state index is 13.8. The zero-order chi connectivity index (χ0) is 22.7. The van der Waals surface area contributed by atoms with E-state index >= 15 is 0 Å². The molecule has 1 fully saturated rings.